The van der Waals surface area contributed by atoms with Gasteiger partial charge in [0.1, 0.15) is 0 Å². The minimum Gasteiger partial charge on any atom is -0.275 e. The van der Waals surface area contributed by atoms with E-state index in [1.807, 2.05) is 37.0 Å². The van der Waals surface area contributed by atoms with Gasteiger partial charge < -0.3 is 0 Å². The second-order valence-electron chi connectivity index (χ2n) is 3.73. The van der Waals surface area contributed by atoms with Gasteiger partial charge in [-0.1, -0.05) is 6.07 Å². The molecule has 0 N–H and O–H groups in total. The molecular weight excluding hydrogens is 186 g/mol. The molecule has 0 aliphatic rings. The van der Waals surface area contributed by atoms with E-state index in [-0.39, 0.29) is 0 Å². The molecule has 0 aromatic carbocycles. The fraction of sp³-hybridized carbons (Fsp3) is 0.333. The Balaban J connectivity index is 2.02. The van der Waals surface area contributed by atoms with Gasteiger partial charge in [-0.15, -0.1) is 0 Å². The third kappa shape index (κ3) is 2.43. The van der Waals surface area contributed by atoms with Gasteiger partial charge in [0.25, 0.3) is 0 Å². The summed E-state index contributed by atoms with van der Waals surface area (Å²) in [5, 5.41) is 4.32. The Kier molecular flexibility index (Phi) is 2.81. The molecule has 3 nitrogen and oxygen atoms in total. The van der Waals surface area contributed by atoms with E-state index in [0.29, 0.717) is 0 Å². The van der Waals surface area contributed by atoms with E-state index in [9.17, 15) is 0 Å². The third-order valence-corrected chi connectivity index (χ3v) is 2.49. The zero-order valence-corrected chi connectivity index (χ0v) is 9.14. The van der Waals surface area contributed by atoms with Crippen LogP contribution in [0.5, 0.6) is 0 Å². The van der Waals surface area contributed by atoms with E-state index in [1.54, 1.807) is 0 Å². The Hall–Kier alpha value is -1.64. The van der Waals surface area contributed by atoms with Crippen molar-refractivity contribution in [3.63, 3.8) is 0 Å². The predicted octanol–water partition coefficient (Wildman–Crippen LogP) is 1.91. The number of hydrogen-bond donors (Lipinski definition) is 0. The first-order valence-electron chi connectivity index (χ1n) is 5.15. The second-order valence-corrected chi connectivity index (χ2v) is 3.73. The number of hydrogen-bond acceptors (Lipinski definition) is 2. The van der Waals surface area contributed by atoms with Crippen molar-refractivity contribution in [3.05, 3.63) is 47.5 Å². The largest absolute Gasteiger partial charge is 0.275 e. The molecule has 3 heteroatoms. The van der Waals surface area contributed by atoms with Gasteiger partial charge in [-0.05, 0) is 37.5 Å². The summed E-state index contributed by atoms with van der Waals surface area (Å²) >= 11 is 0. The monoisotopic (exact) mass is 201 g/mol. The minimum atomic E-state index is 0.980. The molecule has 0 radical (unpaired) electrons. The number of nitrogens with zero attached hydrogens (tertiary/aromatic N) is 3. The quantitative estimate of drug-likeness (QED) is 0.759. The fourth-order valence-electron chi connectivity index (χ4n) is 1.70. The number of pyridine rings is 1. The van der Waals surface area contributed by atoms with Crippen LogP contribution in [0, 0.1) is 6.92 Å². The molecule has 0 aliphatic heterocycles. The van der Waals surface area contributed by atoms with E-state index in [2.05, 4.69) is 22.3 Å². The Morgan fingerprint density at radius 1 is 1.27 bits per heavy atom. The molecule has 78 valence electrons. The van der Waals surface area contributed by atoms with Crippen LogP contribution >= 0.6 is 0 Å². The first-order valence-corrected chi connectivity index (χ1v) is 5.15. The van der Waals surface area contributed by atoms with Gasteiger partial charge in [-0.2, -0.15) is 5.10 Å². The topological polar surface area (TPSA) is 30.7 Å². The number of aromatic nitrogens is 3. The van der Waals surface area contributed by atoms with Crippen molar-refractivity contribution in [1.82, 2.24) is 14.8 Å². The lowest BCUT2D eigenvalue weighted by molar-refractivity contribution is 0.756. The summed E-state index contributed by atoms with van der Waals surface area (Å²) in [6.45, 7) is 2.05. The normalized spacial score (nSPS) is 10.5. The summed E-state index contributed by atoms with van der Waals surface area (Å²) in [5.41, 5.74) is 3.57. The van der Waals surface area contributed by atoms with Crippen molar-refractivity contribution in [3.8, 4) is 0 Å². The molecule has 0 unspecified atom stereocenters. The van der Waals surface area contributed by atoms with Gasteiger partial charge in [0, 0.05) is 25.1 Å². The standard InChI is InChI=1S/C12H15N3/c1-10-11(9-15(2)14-10)6-7-12-5-3-4-8-13-12/h3-5,8-9H,6-7H2,1-2H3. The molecule has 0 fully saturated rings. The smallest absolute Gasteiger partial charge is 0.0625 e. The molecule has 2 rings (SSSR count). The first kappa shape index (κ1) is 9.90. The van der Waals surface area contributed by atoms with Crippen LogP contribution < -0.4 is 0 Å². The van der Waals surface area contributed by atoms with Crippen molar-refractivity contribution in [2.75, 3.05) is 0 Å². The molecule has 0 bridgehead atoms. The molecule has 0 atom stereocenters. The summed E-state index contributed by atoms with van der Waals surface area (Å²) in [6, 6.07) is 6.03. The Labute approximate surface area is 89.8 Å². The molecule has 0 saturated carbocycles. The lowest BCUT2D eigenvalue weighted by atomic mass is 10.1. The fourth-order valence-corrected chi connectivity index (χ4v) is 1.70. The lowest BCUT2D eigenvalue weighted by Gasteiger charge is -1.98. The van der Waals surface area contributed by atoms with Gasteiger partial charge >= 0.3 is 0 Å². The van der Waals surface area contributed by atoms with E-state index in [4.69, 9.17) is 0 Å². The second kappa shape index (κ2) is 4.26. The maximum absolute atomic E-state index is 4.32. The van der Waals surface area contributed by atoms with Crippen LogP contribution in [0.25, 0.3) is 0 Å². The highest BCUT2D eigenvalue weighted by Gasteiger charge is 2.03. The highest BCUT2D eigenvalue weighted by molar-refractivity contribution is 5.17. The van der Waals surface area contributed by atoms with Crippen LogP contribution in [0.15, 0.2) is 30.6 Å². The summed E-state index contributed by atoms with van der Waals surface area (Å²) < 4.78 is 1.86. The van der Waals surface area contributed by atoms with E-state index in [1.165, 1.54) is 5.56 Å². The van der Waals surface area contributed by atoms with Crippen molar-refractivity contribution < 1.29 is 0 Å². The molecule has 0 amide bonds. The van der Waals surface area contributed by atoms with Crippen molar-refractivity contribution in [2.24, 2.45) is 7.05 Å². The van der Waals surface area contributed by atoms with Crippen LogP contribution in [-0.2, 0) is 19.9 Å². The average Bonchev–Trinajstić information content (AvgIpc) is 2.56. The maximum Gasteiger partial charge on any atom is 0.0625 e. The minimum absolute atomic E-state index is 0.980. The third-order valence-electron chi connectivity index (χ3n) is 2.49. The molecular formula is C12H15N3. The highest BCUT2D eigenvalue weighted by Crippen LogP contribution is 2.08. The number of aryl methyl sites for hydroxylation is 4. The summed E-state index contributed by atoms with van der Waals surface area (Å²) in [7, 11) is 1.96. The molecule has 2 heterocycles. The zero-order valence-electron chi connectivity index (χ0n) is 9.14. The zero-order chi connectivity index (χ0) is 10.7. The van der Waals surface area contributed by atoms with Gasteiger partial charge in [-0.3, -0.25) is 9.67 Å². The molecule has 0 aliphatic carbocycles. The van der Waals surface area contributed by atoms with E-state index in [0.717, 1.165) is 24.2 Å². The average molecular weight is 201 g/mol. The Bertz CT molecular complexity index is 431. The van der Waals surface area contributed by atoms with Gasteiger partial charge in [0.2, 0.25) is 0 Å². The van der Waals surface area contributed by atoms with Gasteiger partial charge in [-0.25, -0.2) is 0 Å². The van der Waals surface area contributed by atoms with Crippen LogP contribution in [0.4, 0.5) is 0 Å². The van der Waals surface area contributed by atoms with Gasteiger partial charge in [0.15, 0.2) is 0 Å². The van der Waals surface area contributed by atoms with Crippen LogP contribution in [0.1, 0.15) is 17.0 Å². The molecule has 2 aromatic heterocycles. The molecule has 0 saturated heterocycles. The maximum atomic E-state index is 4.32. The Morgan fingerprint density at radius 2 is 2.13 bits per heavy atom. The van der Waals surface area contributed by atoms with Crippen LogP contribution in [0.3, 0.4) is 0 Å². The lowest BCUT2D eigenvalue weighted by Crippen LogP contribution is -1.93. The SMILES string of the molecule is Cc1nn(C)cc1CCc1ccccn1. The van der Waals surface area contributed by atoms with E-state index >= 15 is 0 Å². The van der Waals surface area contributed by atoms with Gasteiger partial charge in [0.05, 0.1) is 5.69 Å². The molecule has 0 spiro atoms. The molecule has 15 heavy (non-hydrogen) atoms. The predicted molar refractivity (Wildman–Crippen MR) is 59.6 cm³/mol. The van der Waals surface area contributed by atoms with Crippen LogP contribution in [0.2, 0.25) is 0 Å². The van der Waals surface area contributed by atoms with Crippen LogP contribution in [-0.4, -0.2) is 14.8 Å². The van der Waals surface area contributed by atoms with E-state index < -0.39 is 0 Å². The van der Waals surface area contributed by atoms with Crippen molar-refractivity contribution in [1.29, 1.82) is 0 Å². The van der Waals surface area contributed by atoms with Crippen molar-refractivity contribution in [2.45, 2.75) is 19.8 Å². The van der Waals surface area contributed by atoms with Crippen molar-refractivity contribution >= 4 is 0 Å². The summed E-state index contributed by atoms with van der Waals surface area (Å²) in [6.07, 6.45) is 5.91. The summed E-state index contributed by atoms with van der Waals surface area (Å²) in [5.74, 6) is 0. The first-order chi connectivity index (χ1) is 7.25. The number of rotatable bonds is 3. The summed E-state index contributed by atoms with van der Waals surface area (Å²) in [4.78, 5) is 4.30. The Morgan fingerprint density at radius 3 is 2.73 bits per heavy atom. The molecule has 2 aromatic rings. The highest BCUT2D eigenvalue weighted by atomic mass is 15.2.